The maximum absolute atomic E-state index is 13.1. The van der Waals surface area contributed by atoms with E-state index in [-0.39, 0.29) is 29.2 Å². The van der Waals surface area contributed by atoms with Gasteiger partial charge in [-0.1, -0.05) is 6.07 Å². The van der Waals surface area contributed by atoms with Gasteiger partial charge in [0.25, 0.3) is 5.91 Å². The maximum Gasteiger partial charge on any atom is 0.254 e. The topological polar surface area (TPSA) is 104 Å². The summed E-state index contributed by atoms with van der Waals surface area (Å²) < 4.78 is 24.7. The molecule has 142 valence electrons. The number of hydrogen-bond acceptors (Lipinski definition) is 7. The van der Waals surface area contributed by atoms with Gasteiger partial charge in [0.15, 0.2) is 9.84 Å². The molecule has 1 N–H and O–H groups in total. The molecule has 0 spiro atoms. The van der Waals surface area contributed by atoms with Crippen LogP contribution in [-0.4, -0.2) is 71.0 Å². The Balaban J connectivity index is 1.69. The van der Waals surface area contributed by atoms with Crippen LogP contribution in [0.15, 0.2) is 36.7 Å². The first kappa shape index (κ1) is 17.7. The van der Waals surface area contributed by atoms with Gasteiger partial charge in [-0.25, -0.2) is 18.4 Å². The third-order valence-electron chi connectivity index (χ3n) is 5.28. The second-order valence-corrected chi connectivity index (χ2v) is 9.06. The summed E-state index contributed by atoms with van der Waals surface area (Å²) in [5, 5.41) is 9.92. The summed E-state index contributed by atoms with van der Waals surface area (Å²) in [7, 11) is -3.28. The molecule has 0 aliphatic carbocycles. The van der Waals surface area contributed by atoms with Gasteiger partial charge in [-0.2, -0.15) is 0 Å². The Labute approximate surface area is 157 Å². The second kappa shape index (κ2) is 6.49. The molecule has 0 radical (unpaired) electrons. The van der Waals surface area contributed by atoms with Crippen molar-refractivity contribution in [3.8, 4) is 5.75 Å². The van der Waals surface area contributed by atoms with Crippen LogP contribution in [0.25, 0.3) is 0 Å². The Hall–Kier alpha value is -2.68. The number of anilines is 1. The number of benzene rings is 1. The number of fused-ring (bicyclic) bond motifs is 1. The van der Waals surface area contributed by atoms with E-state index in [2.05, 4.69) is 9.97 Å². The lowest BCUT2D eigenvalue weighted by Crippen LogP contribution is -2.61. The van der Waals surface area contributed by atoms with Crippen LogP contribution in [0.3, 0.4) is 0 Å². The van der Waals surface area contributed by atoms with Gasteiger partial charge in [-0.3, -0.25) is 4.79 Å². The van der Waals surface area contributed by atoms with E-state index < -0.39 is 15.9 Å². The van der Waals surface area contributed by atoms with Crippen molar-refractivity contribution in [2.45, 2.75) is 19.0 Å². The zero-order valence-electron chi connectivity index (χ0n) is 14.8. The monoisotopic (exact) mass is 388 g/mol. The third-order valence-corrected chi connectivity index (χ3v) is 6.98. The predicted octanol–water partition coefficient (Wildman–Crippen LogP) is 0.619. The normalized spacial score (nSPS) is 23.9. The predicted molar refractivity (Wildman–Crippen MR) is 99.5 cm³/mol. The lowest BCUT2D eigenvalue weighted by Gasteiger charge is -2.44. The molecule has 0 unspecified atom stereocenters. The van der Waals surface area contributed by atoms with Gasteiger partial charge in [-0.05, 0) is 25.1 Å². The molecule has 0 saturated carbocycles. The van der Waals surface area contributed by atoms with E-state index in [1.165, 1.54) is 6.07 Å². The molecule has 2 fully saturated rings. The Morgan fingerprint density at radius 3 is 2.56 bits per heavy atom. The van der Waals surface area contributed by atoms with Gasteiger partial charge < -0.3 is 14.9 Å². The van der Waals surface area contributed by atoms with Crippen LogP contribution in [-0.2, 0) is 9.84 Å². The van der Waals surface area contributed by atoms with Crippen LogP contribution in [0.5, 0.6) is 5.75 Å². The number of phenolic OH excluding ortho intramolecular Hbond substituents is 1. The number of hydrogen-bond donors (Lipinski definition) is 1. The van der Waals surface area contributed by atoms with Crippen LogP contribution in [0, 0.1) is 6.92 Å². The zero-order valence-corrected chi connectivity index (χ0v) is 15.6. The summed E-state index contributed by atoms with van der Waals surface area (Å²) in [5.41, 5.74) is 0.885. The number of carbonyl (C=O) groups is 1. The van der Waals surface area contributed by atoms with E-state index in [1.54, 1.807) is 42.4 Å². The third kappa shape index (κ3) is 3.12. The van der Waals surface area contributed by atoms with Gasteiger partial charge >= 0.3 is 0 Å². The van der Waals surface area contributed by atoms with Gasteiger partial charge in [0.2, 0.25) is 5.95 Å². The molecular weight excluding hydrogens is 368 g/mol. The number of sulfone groups is 1. The first-order valence-corrected chi connectivity index (χ1v) is 10.5. The lowest BCUT2D eigenvalue weighted by atomic mass is 10.0. The van der Waals surface area contributed by atoms with E-state index in [1.807, 2.05) is 4.90 Å². The molecule has 1 amide bonds. The van der Waals surface area contributed by atoms with Crippen molar-refractivity contribution in [3.63, 3.8) is 0 Å². The summed E-state index contributed by atoms with van der Waals surface area (Å²) in [6.45, 7) is 2.49. The highest BCUT2D eigenvalue weighted by molar-refractivity contribution is 7.91. The number of piperazine rings is 1. The molecule has 1 aromatic heterocycles. The van der Waals surface area contributed by atoms with Crippen molar-refractivity contribution in [2.24, 2.45) is 0 Å². The number of phenols is 1. The molecule has 4 rings (SSSR count). The number of aromatic hydroxyl groups is 1. The Kier molecular flexibility index (Phi) is 4.26. The Morgan fingerprint density at radius 1 is 1.11 bits per heavy atom. The van der Waals surface area contributed by atoms with Crippen LogP contribution in [0.4, 0.5) is 5.95 Å². The van der Waals surface area contributed by atoms with Crippen LogP contribution in [0.2, 0.25) is 0 Å². The summed E-state index contributed by atoms with van der Waals surface area (Å²) in [6, 6.07) is 5.65. The number of amides is 1. The molecule has 2 aromatic rings. The fourth-order valence-corrected chi connectivity index (χ4v) is 5.88. The highest BCUT2D eigenvalue weighted by Crippen LogP contribution is 2.31. The Morgan fingerprint density at radius 2 is 1.81 bits per heavy atom. The number of aromatic nitrogens is 2. The van der Waals surface area contributed by atoms with Crippen LogP contribution >= 0.6 is 0 Å². The molecular formula is C18H20N4O4S. The average molecular weight is 388 g/mol. The molecule has 1 aromatic carbocycles. The molecule has 2 aliphatic heterocycles. The molecule has 3 heterocycles. The van der Waals surface area contributed by atoms with Gasteiger partial charge in [0, 0.05) is 36.6 Å². The molecule has 2 atom stereocenters. The Bertz CT molecular complexity index is 980. The summed E-state index contributed by atoms with van der Waals surface area (Å²) >= 11 is 0. The van der Waals surface area contributed by atoms with Gasteiger partial charge in [-0.15, -0.1) is 0 Å². The lowest BCUT2D eigenvalue weighted by molar-refractivity contribution is 0.0646. The highest BCUT2D eigenvalue weighted by atomic mass is 32.2. The summed E-state index contributed by atoms with van der Waals surface area (Å²) in [4.78, 5) is 25.1. The molecule has 0 bridgehead atoms. The fourth-order valence-electron chi connectivity index (χ4n) is 3.90. The van der Waals surface area contributed by atoms with Crippen molar-refractivity contribution in [1.29, 1.82) is 0 Å². The standard InChI is InChI=1S/C18H20N4O4S/c1-12-13(4-2-5-16(12)23)17(24)21-8-9-22(18-19-6-3-7-20-18)15-11-27(25,26)10-14(15)21/h2-7,14-15,23H,8-11H2,1H3/t14-,15+/m0/s1. The van der Waals surface area contributed by atoms with Crippen molar-refractivity contribution in [3.05, 3.63) is 47.8 Å². The number of nitrogens with zero attached hydrogens (tertiary/aromatic N) is 4. The van der Waals surface area contributed by atoms with E-state index in [0.29, 0.717) is 30.2 Å². The van der Waals surface area contributed by atoms with Crippen molar-refractivity contribution >= 4 is 21.7 Å². The minimum Gasteiger partial charge on any atom is -0.508 e. The van der Waals surface area contributed by atoms with Gasteiger partial charge in [0.05, 0.1) is 23.6 Å². The van der Waals surface area contributed by atoms with Crippen molar-refractivity contribution in [2.75, 3.05) is 29.5 Å². The SMILES string of the molecule is Cc1c(O)cccc1C(=O)N1CCN(c2ncccn2)[C@@H]2CS(=O)(=O)C[C@@H]21. The average Bonchev–Trinajstić information content (AvgIpc) is 2.98. The summed E-state index contributed by atoms with van der Waals surface area (Å²) in [6.07, 6.45) is 3.24. The first-order valence-electron chi connectivity index (χ1n) is 8.71. The van der Waals surface area contributed by atoms with Crippen molar-refractivity contribution < 1.29 is 18.3 Å². The summed E-state index contributed by atoms with van der Waals surface area (Å²) in [5.74, 6) is 0.158. The largest absolute Gasteiger partial charge is 0.508 e. The van der Waals surface area contributed by atoms with E-state index in [4.69, 9.17) is 0 Å². The van der Waals surface area contributed by atoms with Gasteiger partial charge in [0.1, 0.15) is 5.75 Å². The fraction of sp³-hybridized carbons (Fsp3) is 0.389. The van der Waals surface area contributed by atoms with E-state index in [9.17, 15) is 18.3 Å². The molecule has 2 saturated heterocycles. The molecule has 9 heteroatoms. The van der Waals surface area contributed by atoms with Crippen LogP contribution < -0.4 is 4.90 Å². The van der Waals surface area contributed by atoms with E-state index >= 15 is 0 Å². The number of rotatable bonds is 2. The zero-order chi connectivity index (χ0) is 19.2. The van der Waals surface area contributed by atoms with E-state index in [0.717, 1.165) is 0 Å². The maximum atomic E-state index is 13.1. The molecule has 8 nitrogen and oxygen atoms in total. The van der Waals surface area contributed by atoms with Crippen molar-refractivity contribution in [1.82, 2.24) is 14.9 Å². The second-order valence-electron chi connectivity index (χ2n) is 6.90. The number of carbonyl (C=O) groups excluding carboxylic acids is 1. The minimum atomic E-state index is -3.28. The first-order chi connectivity index (χ1) is 12.9. The quantitative estimate of drug-likeness (QED) is 0.804. The molecule has 2 aliphatic rings. The smallest absolute Gasteiger partial charge is 0.254 e. The molecule has 27 heavy (non-hydrogen) atoms. The minimum absolute atomic E-state index is 0.0290. The highest BCUT2D eigenvalue weighted by Gasteiger charge is 2.49. The van der Waals surface area contributed by atoms with Crippen LogP contribution in [0.1, 0.15) is 15.9 Å².